The van der Waals surface area contributed by atoms with Gasteiger partial charge in [0.25, 0.3) is 0 Å². The maximum atomic E-state index is 13.1. The van der Waals surface area contributed by atoms with Crippen LogP contribution in [-0.4, -0.2) is 47.3 Å². The second-order valence-electron chi connectivity index (χ2n) is 7.05. The Bertz CT molecular complexity index is 921. The van der Waals surface area contributed by atoms with Gasteiger partial charge >= 0.3 is 6.09 Å². The molecule has 0 saturated heterocycles. The first-order valence-electron chi connectivity index (χ1n) is 9.75. The zero-order valence-electron chi connectivity index (χ0n) is 17.1. The van der Waals surface area contributed by atoms with Gasteiger partial charge in [0.2, 0.25) is 5.91 Å². The highest BCUT2D eigenvalue weighted by Gasteiger charge is 2.33. The number of hydrogen-bond acceptors (Lipinski definition) is 7. The number of nitrogens with zero attached hydrogens (tertiary/aromatic N) is 2. The van der Waals surface area contributed by atoms with Gasteiger partial charge in [0.15, 0.2) is 6.10 Å². The van der Waals surface area contributed by atoms with Crippen molar-refractivity contribution >= 4 is 32.6 Å². The number of hydrogen-bond donors (Lipinski definition) is 1. The Morgan fingerprint density at radius 2 is 1.90 bits per heavy atom. The fourth-order valence-corrected chi connectivity index (χ4v) is 3.50. The third kappa shape index (κ3) is 6.53. The number of halogens is 1. The molecule has 2 N–H and O–H groups in total. The van der Waals surface area contributed by atoms with E-state index in [1.54, 1.807) is 19.2 Å². The predicted molar refractivity (Wildman–Crippen MR) is 119 cm³/mol. The predicted octanol–water partition coefficient (Wildman–Crippen LogP) is 3.23. The first kappa shape index (κ1) is 22.8. The van der Waals surface area contributed by atoms with Gasteiger partial charge in [-0.3, -0.25) is 4.79 Å². The lowest BCUT2D eigenvalue weighted by Crippen LogP contribution is -2.50. The van der Waals surface area contributed by atoms with Gasteiger partial charge < -0.3 is 20.0 Å². The van der Waals surface area contributed by atoms with Gasteiger partial charge in [-0.05, 0) is 45.6 Å². The molecule has 1 aliphatic heterocycles. The van der Waals surface area contributed by atoms with Crippen LogP contribution in [0.5, 0.6) is 5.75 Å². The number of imide groups is 1. The maximum Gasteiger partial charge on any atom is 0.417 e. The van der Waals surface area contributed by atoms with Crippen molar-refractivity contribution in [1.29, 1.82) is 0 Å². The van der Waals surface area contributed by atoms with Crippen molar-refractivity contribution in [2.45, 2.75) is 31.6 Å². The quantitative estimate of drug-likeness (QED) is 0.610. The molecular formula is C22H24BrN3O5. The third-order valence-corrected chi connectivity index (χ3v) is 5.18. The first-order chi connectivity index (χ1) is 15.0. The van der Waals surface area contributed by atoms with E-state index in [2.05, 4.69) is 21.1 Å². The second kappa shape index (κ2) is 10.9. The van der Waals surface area contributed by atoms with Crippen LogP contribution in [0.3, 0.4) is 0 Å². The highest BCUT2D eigenvalue weighted by molar-refractivity contribution is 9.18. The molecule has 0 aromatic heterocycles. The van der Waals surface area contributed by atoms with E-state index in [-0.39, 0.29) is 19.6 Å². The topological polar surface area (TPSA) is 103 Å². The lowest BCUT2D eigenvalue weighted by molar-refractivity contribution is -0.132. The molecule has 2 aromatic carbocycles. The molecule has 9 heteroatoms. The van der Waals surface area contributed by atoms with E-state index in [9.17, 15) is 9.59 Å². The molecule has 8 nitrogen and oxygen atoms in total. The van der Waals surface area contributed by atoms with E-state index >= 15 is 0 Å². The second-order valence-corrected chi connectivity index (χ2v) is 7.96. The Kier molecular flexibility index (Phi) is 8.02. The molecule has 1 aliphatic rings. The maximum absolute atomic E-state index is 13.1. The van der Waals surface area contributed by atoms with E-state index < -0.39 is 24.1 Å². The van der Waals surface area contributed by atoms with Crippen molar-refractivity contribution in [2.75, 3.05) is 13.7 Å². The Morgan fingerprint density at radius 1 is 1.19 bits per heavy atom. The van der Waals surface area contributed by atoms with Crippen molar-refractivity contribution in [2.24, 2.45) is 10.9 Å². The third-order valence-electron chi connectivity index (χ3n) is 4.71. The minimum absolute atomic E-state index is 0.0125. The van der Waals surface area contributed by atoms with E-state index in [0.29, 0.717) is 16.8 Å². The molecule has 0 saturated carbocycles. The summed E-state index contributed by atoms with van der Waals surface area (Å²) < 4.78 is 11.1. The summed E-state index contributed by atoms with van der Waals surface area (Å²) in [6.45, 7) is 0.0320. The van der Waals surface area contributed by atoms with Crippen molar-refractivity contribution in [3.63, 3.8) is 0 Å². The summed E-state index contributed by atoms with van der Waals surface area (Å²) in [5, 5.41) is 3.81. The van der Waals surface area contributed by atoms with Crippen LogP contribution in [0.1, 0.15) is 17.5 Å². The standard InChI is InChI=1S/C22H24BrN3O5/c1-29-17-9-7-15(8-10-17)11-19(24)21(27)26(13-18-12-20(23)25-31-18)22(28)30-14-16-5-3-2-4-6-16/h2-10,18-19H,11-14,24H2,1H3/t18?,19-/m0/s1. The summed E-state index contributed by atoms with van der Waals surface area (Å²) in [5.74, 6) is 0.166. The van der Waals surface area contributed by atoms with Gasteiger partial charge in [-0.1, -0.05) is 47.6 Å². The van der Waals surface area contributed by atoms with Crippen LogP contribution in [0.4, 0.5) is 4.79 Å². The molecule has 2 atom stereocenters. The normalized spacial score (nSPS) is 16.1. The van der Waals surface area contributed by atoms with Crippen molar-refractivity contribution in [3.8, 4) is 5.75 Å². The van der Waals surface area contributed by atoms with Gasteiger partial charge in [0.1, 0.15) is 17.0 Å². The summed E-state index contributed by atoms with van der Waals surface area (Å²) >= 11 is 3.26. The number of nitrogens with two attached hydrogens (primary N) is 1. The van der Waals surface area contributed by atoms with Crippen LogP contribution in [0, 0.1) is 0 Å². The van der Waals surface area contributed by atoms with Crippen LogP contribution < -0.4 is 10.5 Å². The van der Waals surface area contributed by atoms with Crippen LogP contribution in [-0.2, 0) is 27.4 Å². The largest absolute Gasteiger partial charge is 0.497 e. The minimum atomic E-state index is -0.927. The molecule has 31 heavy (non-hydrogen) atoms. The first-order valence-corrected chi connectivity index (χ1v) is 10.5. The lowest BCUT2D eigenvalue weighted by Gasteiger charge is -2.25. The molecule has 0 aliphatic carbocycles. The number of carbonyl (C=O) groups is 2. The number of methoxy groups -OCH3 is 1. The van der Waals surface area contributed by atoms with Crippen LogP contribution >= 0.6 is 15.9 Å². The fraction of sp³-hybridized carbons (Fsp3) is 0.318. The molecule has 0 bridgehead atoms. The number of rotatable bonds is 8. The number of ether oxygens (including phenoxy) is 2. The Balaban J connectivity index is 1.67. The van der Waals surface area contributed by atoms with E-state index in [1.165, 1.54) is 0 Å². The van der Waals surface area contributed by atoms with Crippen molar-refractivity contribution < 1.29 is 23.9 Å². The molecule has 0 spiro atoms. The van der Waals surface area contributed by atoms with Crippen molar-refractivity contribution in [1.82, 2.24) is 4.90 Å². The monoisotopic (exact) mass is 489 g/mol. The Hall–Kier alpha value is -2.91. The molecule has 2 amide bonds. The van der Waals surface area contributed by atoms with Crippen LogP contribution in [0.25, 0.3) is 0 Å². The summed E-state index contributed by atoms with van der Waals surface area (Å²) in [6.07, 6.45) is -0.526. The summed E-state index contributed by atoms with van der Waals surface area (Å²) in [5.41, 5.74) is 7.82. The Labute approximate surface area is 189 Å². The average Bonchev–Trinajstić information content (AvgIpc) is 3.21. The van der Waals surface area contributed by atoms with Gasteiger partial charge in [0, 0.05) is 6.42 Å². The van der Waals surface area contributed by atoms with Gasteiger partial charge in [-0.25, -0.2) is 9.69 Å². The smallest absolute Gasteiger partial charge is 0.417 e. The number of carbonyl (C=O) groups excluding carboxylic acids is 2. The van der Waals surface area contributed by atoms with E-state index in [1.807, 2.05) is 42.5 Å². The summed E-state index contributed by atoms with van der Waals surface area (Å²) in [7, 11) is 1.58. The Morgan fingerprint density at radius 3 is 2.52 bits per heavy atom. The van der Waals surface area contributed by atoms with Crippen LogP contribution in [0.15, 0.2) is 59.8 Å². The molecule has 0 fully saturated rings. The van der Waals surface area contributed by atoms with Gasteiger partial charge in [-0.15, -0.1) is 0 Å². The van der Waals surface area contributed by atoms with E-state index in [4.69, 9.17) is 20.0 Å². The molecule has 0 radical (unpaired) electrons. The fourth-order valence-electron chi connectivity index (χ4n) is 3.05. The molecule has 1 heterocycles. The molecule has 1 unspecified atom stereocenters. The number of oxime groups is 1. The zero-order valence-corrected chi connectivity index (χ0v) is 18.7. The molecule has 3 rings (SSSR count). The highest BCUT2D eigenvalue weighted by atomic mass is 79.9. The zero-order chi connectivity index (χ0) is 22.2. The molecule has 164 valence electrons. The molecule has 2 aromatic rings. The number of benzene rings is 2. The highest BCUT2D eigenvalue weighted by Crippen LogP contribution is 2.18. The minimum Gasteiger partial charge on any atom is -0.497 e. The van der Waals surface area contributed by atoms with Crippen LogP contribution in [0.2, 0.25) is 0 Å². The van der Waals surface area contributed by atoms with Crippen molar-refractivity contribution in [3.05, 3.63) is 65.7 Å². The SMILES string of the molecule is COc1ccc(C[C@H](N)C(=O)N(CC2CC(Br)=NO2)C(=O)OCc2ccccc2)cc1. The van der Waals surface area contributed by atoms with Gasteiger partial charge in [-0.2, -0.15) is 0 Å². The lowest BCUT2D eigenvalue weighted by atomic mass is 10.1. The molecular weight excluding hydrogens is 466 g/mol. The summed E-state index contributed by atoms with van der Waals surface area (Å²) in [6, 6.07) is 15.5. The van der Waals surface area contributed by atoms with E-state index in [0.717, 1.165) is 16.0 Å². The average molecular weight is 490 g/mol. The van der Waals surface area contributed by atoms with Gasteiger partial charge in [0.05, 0.1) is 19.7 Å². The number of amides is 2. The summed E-state index contributed by atoms with van der Waals surface area (Å²) in [4.78, 5) is 32.1.